The second kappa shape index (κ2) is 6.91. The first kappa shape index (κ1) is 15.7. The fraction of sp³-hybridized carbons (Fsp3) is 0.471. The lowest BCUT2D eigenvalue weighted by Gasteiger charge is -2.16. The lowest BCUT2D eigenvalue weighted by atomic mass is 10.1. The molecule has 1 aliphatic rings. The van der Waals surface area contributed by atoms with Crippen molar-refractivity contribution in [2.75, 3.05) is 13.2 Å². The molecule has 0 aliphatic carbocycles. The van der Waals surface area contributed by atoms with E-state index >= 15 is 0 Å². The number of hydrogen-bond donors (Lipinski definition) is 2. The number of benzene rings is 1. The van der Waals surface area contributed by atoms with Crippen molar-refractivity contribution in [3.63, 3.8) is 0 Å². The standard InChI is InChI=1S/C17H21N3O3/c21-10-8-18-16(22)12-6-7-13-14(11-12)19-15-5-3-1-2-4-9-20(15)17(13)23/h6-7,11,21H,1-5,8-10H2,(H,18,22). The molecule has 3 rings (SSSR count). The zero-order valence-electron chi connectivity index (χ0n) is 13.0. The lowest BCUT2D eigenvalue weighted by molar-refractivity contribution is 0.0945. The van der Waals surface area contributed by atoms with Crippen molar-refractivity contribution in [1.29, 1.82) is 0 Å². The highest BCUT2D eigenvalue weighted by molar-refractivity contribution is 5.97. The zero-order chi connectivity index (χ0) is 16.2. The predicted molar refractivity (Wildman–Crippen MR) is 87.6 cm³/mol. The number of aryl methyl sites for hydroxylation is 1. The van der Waals surface area contributed by atoms with Gasteiger partial charge in [-0.15, -0.1) is 0 Å². The maximum Gasteiger partial charge on any atom is 0.261 e. The molecule has 1 aliphatic heterocycles. The van der Waals surface area contributed by atoms with E-state index in [1.165, 1.54) is 0 Å². The molecule has 6 nitrogen and oxygen atoms in total. The second-order valence-electron chi connectivity index (χ2n) is 5.86. The van der Waals surface area contributed by atoms with E-state index in [2.05, 4.69) is 10.3 Å². The molecule has 23 heavy (non-hydrogen) atoms. The number of rotatable bonds is 3. The van der Waals surface area contributed by atoms with Crippen LogP contribution in [0.4, 0.5) is 0 Å². The van der Waals surface area contributed by atoms with Gasteiger partial charge < -0.3 is 10.4 Å². The Morgan fingerprint density at radius 2 is 2.09 bits per heavy atom. The summed E-state index contributed by atoms with van der Waals surface area (Å²) in [5.41, 5.74) is 1.00. The molecule has 0 saturated heterocycles. The average Bonchev–Trinajstić information content (AvgIpc) is 2.54. The van der Waals surface area contributed by atoms with Crippen LogP contribution in [0.2, 0.25) is 0 Å². The summed E-state index contributed by atoms with van der Waals surface area (Å²) in [5.74, 6) is 0.546. The molecule has 122 valence electrons. The number of aromatic nitrogens is 2. The first-order valence-electron chi connectivity index (χ1n) is 8.13. The number of aliphatic hydroxyl groups is 1. The number of fused-ring (bicyclic) bond motifs is 2. The van der Waals surface area contributed by atoms with E-state index in [0.717, 1.165) is 44.5 Å². The van der Waals surface area contributed by atoms with Gasteiger partial charge in [0.25, 0.3) is 11.5 Å². The van der Waals surface area contributed by atoms with Crippen molar-refractivity contribution in [2.24, 2.45) is 0 Å². The average molecular weight is 315 g/mol. The van der Waals surface area contributed by atoms with Gasteiger partial charge in [-0.1, -0.05) is 12.8 Å². The number of nitrogens with zero attached hydrogens (tertiary/aromatic N) is 2. The van der Waals surface area contributed by atoms with Gasteiger partial charge in [-0.3, -0.25) is 14.2 Å². The van der Waals surface area contributed by atoms with Crippen LogP contribution in [0.15, 0.2) is 23.0 Å². The quantitative estimate of drug-likeness (QED) is 0.892. The van der Waals surface area contributed by atoms with Crippen LogP contribution < -0.4 is 10.9 Å². The molecule has 0 bridgehead atoms. The number of amides is 1. The Kier molecular flexibility index (Phi) is 4.71. The van der Waals surface area contributed by atoms with Crippen molar-refractivity contribution >= 4 is 16.8 Å². The van der Waals surface area contributed by atoms with Crippen LogP contribution in [0, 0.1) is 0 Å². The third kappa shape index (κ3) is 3.27. The molecule has 0 fully saturated rings. The Balaban J connectivity index is 2.04. The highest BCUT2D eigenvalue weighted by atomic mass is 16.3. The summed E-state index contributed by atoms with van der Waals surface area (Å²) in [7, 11) is 0. The Bertz CT molecular complexity index is 782. The number of carbonyl (C=O) groups excluding carboxylic acids is 1. The second-order valence-corrected chi connectivity index (χ2v) is 5.86. The molecule has 1 aromatic carbocycles. The fourth-order valence-corrected chi connectivity index (χ4v) is 3.01. The van der Waals surface area contributed by atoms with Gasteiger partial charge in [-0.25, -0.2) is 4.98 Å². The van der Waals surface area contributed by atoms with E-state index in [0.29, 0.717) is 16.5 Å². The van der Waals surface area contributed by atoms with Gasteiger partial charge in [-0.05, 0) is 31.0 Å². The highest BCUT2D eigenvalue weighted by Crippen LogP contribution is 2.16. The van der Waals surface area contributed by atoms with Gasteiger partial charge in [0.05, 0.1) is 17.5 Å². The predicted octanol–water partition coefficient (Wildman–Crippen LogP) is 1.24. The Labute approximate surface area is 134 Å². The SMILES string of the molecule is O=C(NCCO)c1ccc2c(=O)n3c(nc2c1)CCCCCC3. The van der Waals surface area contributed by atoms with Crippen molar-refractivity contribution < 1.29 is 9.90 Å². The van der Waals surface area contributed by atoms with Crippen LogP contribution in [-0.2, 0) is 13.0 Å². The third-order valence-electron chi connectivity index (χ3n) is 4.23. The lowest BCUT2D eigenvalue weighted by Crippen LogP contribution is -2.28. The van der Waals surface area contributed by atoms with Crippen molar-refractivity contribution in [3.8, 4) is 0 Å². The molecule has 2 aromatic rings. The molecule has 2 N–H and O–H groups in total. The minimum absolute atomic E-state index is 0.0192. The number of nitrogens with one attached hydrogen (secondary N) is 1. The molecular formula is C17H21N3O3. The minimum atomic E-state index is -0.269. The first-order chi connectivity index (χ1) is 11.2. The van der Waals surface area contributed by atoms with Gasteiger partial charge in [0.15, 0.2) is 0 Å². The summed E-state index contributed by atoms with van der Waals surface area (Å²) in [6.45, 7) is 0.819. The molecule has 0 saturated carbocycles. The van der Waals surface area contributed by atoms with Gasteiger partial charge in [0.2, 0.25) is 0 Å². The Hall–Kier alpha value is -2.21. The van der Waals surface area contributed by atoms with E-state index in [1.54, 1.807) is 22.8 Å². The molecule has 0 unspecified atom stereocenters. The molecule has 0 radical (unpaired) electrons. The van der Waals surface area contributed by atoms with Crippen LogP contribution in [0.3, 0.4) is 0 Å². The fourth-order valence-electron chi connectivity index (χ4n) is 3.01. The van der Waals surface area contributed by atoms with Gasteiger partial charge >= 0.3 is 0 Å². The molecule has 1 amide bonds. The van der Waals surface area contributed by atoms with Gasteiger partial charge in [0, 0.05) is 25.1 Å². The summed E-state index contributed by atoms with van der Waals surface area (Å²) in [5, 5.41) is 11.9. The van der Waals surface area contributed by atoms with Crippen LogP contribution in [0.5, 0.6) is 0 Å². The summed E-state index contributed by atoms with van der Waals surface area (Å²) >= 11 is 0. The van der Waals surface area contributed by atoms with E-state index in [4.69, 9.17) is 5.11 Å². The van der Waals surface area contributed by atoms with Crippen LogP contribution in [0.1, 0.15) is 41.9 Å². The Morgan fingerprint density at radius 1 is 1.26 bits per heavy atom. The minimum Gasteiger partial charge on any atom is -0.395 e. The highest BCUT2D eigenvalue weighted by Gasteiger charge is 2.14. The van der Waals surface area contributed by atoms with E-state index in [9.17, 15) is 9.59 Å². The van der Waals surface area contributed by atoms with E-state index in [1.807, 2.05) is 0 Å². The van der Waals surface area contributed by atoms with Crippen molar-refractivity contribution in [1.82, 2.24) is 14.9 Å². The first-order valence-corrected chi connectivity index (χ1v) is 8.13. The molecule has 1 aromatic heterocycles. The molecule has 6 heteroatoms. The monoisotopic (exact) mass is 315 g/mol. The largest absolute Gasteiger partial charge is 0.395 e. The zero-order valence-corrected chi connectivity index (χ0v) is 13.0. The van der Waals surface area contributed by atoms with E-state index in [-0.39, 0.29) is 24.6 Å². The Morgan fingerprint density at radius 3 is 2.91 bits per heavy atom. The van der Waals surface area contributed by atoms with E-state index < -0.39 is 0 Å². The number of hydrogen-bond acceptors (Lipinski definition) is 4. The maximum atomic E-state index is 12.7. The summed E-state index contributed by atoms with van der Waals surface area (Å²) < 4.78 is 1.78. The summed E-state index contributed by atoms with van der Waals surface area (Å²) in [6, 6.07) is 4.96. The third-order valence-corrected chi connectivity index (χ3v) is 4.23. The topological polar surface area (TPSA) is 84.2 Å². The molecule has 2 heterocycles. The summed E-state index contributed by atoms with van der Waals surface area (Å²) in [6.07, 6.45) is 5.15. The normalized spacial score (nSPS) is 14.8. The number of carbonyl (C=O) groups is 1. The molecule has 0 atom stereocenters. The van der Waals surface area contributed by atoms with Crippen molar-refractivity contribution in [2.45, 2.75) is 38.6 Å². The number of aliphatic hydroxyl groups excluding tert-OH is 1. The molecule has 0 spiro atoms. The van der Waals surface area contributed by atoms with Gasteiger partial charge in [0.1, 0.15) is 5.82 Å². The van der Waals surface area contributed by atoms with Crippen molar-refractivity contribution in [3.05, 3.63) is 39.9 Å². The maximum absolute atomic E-state index is 12.7. The van der Waals surface area contributed by atoms with Crippen LogP contribution >= 0.6 is 0 Å². The smallest absolute Gasteiger partial charge is 0.261 e. The van der Waals surface area contributed by atoms with Gasteiger partial charge in [-0.2, -0.15) is 0 Å². The summed E-state index contributed by atoms with van der Waals surface area (Å²) in [4.78, 5) is 29.3. The van der Waals surface area contributed by atoms with Crippen LogP contribution in [0.25, 0.3) is 10.9 Å². The van der Waals surface area contributed by atoms with Crippen LogP contribution in [-0.4, -0.2) is 33.7 Å². The molecular weight excluding hydrogens is 294 g/mol.